The average molecular weight is 421 g/mol. The Balaban J connectivity index is 1.77. The first-order chi connectivity index (χ1) is 12.3. The first-order valence-electron chi connectivity index (χ1n) is 8.35. The largest absolute Gasteiger partial charge is 0.478 e. The van der Waals surface area contributed by atoms with E-state index in [0.29, 0.717) is 15.7 Å². The summed E-state index contributed by atoms with van der Waals surface area (Å²) in [6.07, 6.45) is 2.54. The number of halogens is 1. The Labute approximate surface area is 159 Å². The summed E-state index contributed by atoms with van der Waals surface area (Å²) in [5.74, 6) is -0.632. The van der Waals surface area contributed by atoms with Crippen LogP contribution in [0.4, 0.5) is 5.69 Å². The minimum Gasteiger partial charge on any atom is -0.478 e. The first kappa shape index (κ1) is 18.6. The molecular formula is C18H21BrN4O3. The second-order valence-corrected chi connectivity index (χ2v) is 7.52. The van der Waals surface area contributed by atoms with Gasteiger partial charge in [0.25, 0.3) is 5.56 Å². The maximum absolute atomic E-state index is 12.0. The molecule has 7 nitrogen and oxygen atoms in total. The summed E-state index contributed by atoms with van der Waals surface area (Å²) in [4.78, 5) is 25.3. The topological polar surface area (TPSA) is 87.5 Å². The number of hydrogen-bond donors (Lipinski definition) is 2. The Kier molecular flexibility index (Phi) is 5.43. The van der Waals surface area contributed by atoms with Gasteiger partial charge in [0.05, 0.1) is 17.4 Å². The molecule has 1 aromatic heterocycles. The predicted molar refractivity (Wildman–Crippen MR) is 103 cm³/mol. The van der Waals surface area contributed by atoms with Gasteiger partial charge in [-0.05, 0) is 53.0 Å². The van der Waals surface area contributed by atoms with Gasteiger partial charge >= 0.3 is 5.97 Å². The fourth-order valence-corrected chi connectivity index (χ4v) is 3.87. The molecule has 138 valence electrons. The maximum Gasteiger partial charge on any atom is 0.335 e. The lowest BCUT2D eigenvalue weighted by Gasteiger charge is -2.36. The summed E-state index contributed by atoms with van der Waals surface area (Å²) in [5, 5.41) is 16.5. The van der Waals surface area contributed by atoms with Gasteiger partial charge in [-0.2, -0.15) is 5.10 Å². The number of benzene rings is 1. The third-order valence-corrected chi connectivity index (χ3v) is 5.47. The standard InChI is InChI=1S/C18H21BrN4O3/c1-22-9-13(11-3-5-12(6-4-11)18(25)26)7-14(10-22)21-15-8-20-23(2)17(24)16(15)19/h3-6,8,13-14,21H,7,9-10H2,1-2H3,(H,25,26)/t13-,14?/m0/s1. The zero-order valence-corrected chi connectivity index (χ0v) is 16.2. The molecule has 2 N–H and O–H groups in total. The summed E-state index contributed by atoms with van der Waals surface area (Å²) >= 11 is 3.35. The molecule has 1 unspecified atom stereocenters. The van der Waals surface area contributed by atoms with E-state index in [4.69, 9.17) is 5.11 Å². The molecule has 2 aromatic rings. The Bertz CT molecular complexity index is 866. The van der Waals surface area contributed by atoms with E-state index in [-0.39, 0.29) is 17.5 Å². The van der Waals surface area contributed by atoms with Crippen LogP contribution in [0.1, 0.15) is 28.3 Å². The molecule has 2 atom stereocenters. The Hall–Kier alpha value is -2.19. The van der Waals surface area contributed by atoms with Crippen LogP contribution in [-0.4, -0.2) is 51.9 Å². The van der Waals surface area contributed by atoms with Crippen molar-refractivity contribution in [3.05, 3.63) is 56.4 Å². The summed E-state index contributed by atoms with van der Waals surface area (Å²) in [6, 6.07) is 7.23. The molecule has 3 rings (SSSR count). The van der Waals surface area contributed by atoms with Crippen LogP contribution in [0.5, 0.6) is 0 Å². The number of nitrogens with zero attached hydrogens (tertiary/aromatic N) is 3. The molecule has 1 fully saturated rings. The number of aromatic nitrogens is 2. The van der Waals surface area contributed by atoms with Crippen molar-refractivity contribution < 1.29 is 9.90 Å². The van der Waals surface area contributed by atoms with Crippen LogP contribution in [0.3, 0.4) is 0 Å². The van der Waals surface area contributed by atoms with Gasteiger partial charge in [0.2, 0.25) is 0 Å². The zero-order valence-electron chi connectivity index (χ0n) is 14.6. The summed E-state index contributed by atoms with van der Waals surface area (Å²) < 4.78 is 1.76. The highest BCUT2D eigenvalue weighted by Crippen LogP contribution is 2.29. The van der Waals surface area contributed by atoms with Crippen molar-refractivity contribution in [2.24, 2.45) is 7.05 Å². The Morgan fingerprint density at radius 2 is 1.96 bits per heavy atom. The summed E-state index contributed by atoms with van der Waals surface area (Å²) in [7, 11) is 3.67. The van der Waals surface area contributed by atoms with Crippen molar-refractivity contribution >= 4 is 27.6 Å². The molecule has 1 saturated heterocycles. The normalized spacial score (nSPS) is 20.7. The number of aryl methyl sites for hydroxylation is 1. The number of anilines is 1. The third-order valence-electron chi connectivity index (χ3n) is 4.70. The van der Waals surface area contributed by atoms with Gasteiger partial charge < -0.3 is 15.3 Å². The second-order valence-electron chi connectivity index (χ2n) is 6.72. The molecule has 2 heterocycles. The SMILES string of the molecule is CN1CC(Nc2cnn(C)c(=O)c2Br)C[C@H](c2ccc(C(=O)O)cc2)C1. The fraction of sp³-hybridized carbons (Fsp3) is 0.389. The molecule has 0 amide bonds. The smallest absolute Gasteiger partial charge is 0.335 e. The number of carbonyl (C=O) groups is 1. The van der Waals surface area contributed by atoms with Crippen LogP contribution in [0.15, 0.2) is 39.7 Å². The lowest BCUT2D eigenvalue weighted by molar-refractivity contribution is 0.0697. The lowest BCUT2D eigenvalue weighted by atomic mass is 9.88. The van der Waals surface area contributed by atoms with E-state index in [1.165, 1.54) is 4.68 Å². The van der Waals surface area contributed by atoms with Crippen molar-refractivity contribution in [3.63, 3.8) is 0 Å². The van der Waals surface area contributed by atoms with Gasteiger partial charge in [0.1, 0.15) is 4.47 Å². The first-order valence-corrected chi connectivity index (χ1v) is 9.14. The Morgan fingerprint density at radius 3 is 2.62 bits per heavy atom. The summed E-state index contributed by atoms with van der Waals surface area (Å²) in [5.41, 5.74) is 1.92. The van der Waals surface area contributed by atoms with Crippen LogP contribution in [0.25, 0.3) is 0 Å². The quantitative estimate of drug-likeness (QED) is 0.787. The van der Waals surface area contributed by atoms with Gasteiger partial charge in [-0.3, -0.25) is 4.79 Å². The van der Waals surface area contributed by atoms with Crippen molar-refractivity contribution in [3.8, 4) is 0 Å². The van der Waals surface area contributed by atoms with Crippen molar-refractivity contribution in [1.29, 1.82) is 0 Å². The second kappa shape index (κ2) is 7.59. The van der Waals surface area contributed by atoms with Gasteiger partial charge in [0, 0.05) is 26.2 Å². The van der Waals surface area contributed by atoms with Crippen LogP contribution in [0, 0.1) is 0 Å². The minimum atomic E-state index is -0.917. The number of hydrogen-bond acceptors (Lipinski definition) is 5. The lowest BCUT2D eigenvalue weighted by Crippen LogP contribution is -2.43. The number of piperidine rings is 1. The third kappa shape index (κ3) is 3.96. The molecular weight excluding hydrogens is 400 g/mol. The maximum atomic E-state index is 12.0. The van der Waals surface area contributed by atoms with E-state index < -0.39 is 5.97 Å². The van der Waals surface area contributed by atoms with Gasteiger partial charge in [0.15, 0.2) is 0 Å². The molecule has 1 aliphatic rings. The fourth-order valence-electron chi connectivity index (χ4n) is 3.39. The monoisotopic (exact) mass is 420 g/mol. The minimum absolute atomic E-state index is 0.156. The van der Waals surface area contributed by atoms with Gasteiger partial charge in [-0.15, -0.1) is 0 Å². The number of carboxylic acid groups (broad SMARTS) is 1. The van der Waals surface area contributed by atoms with Crippen molar-refractivity contribution in [2.45, 2.75) is 18.4 Å². The highest BCUT2D eigenvalue weighted by Gasteiger charge is 2.27. The van der Waals surface area contributed by atoms with E-state index in [0.717, 1.165) is 25.1 Å². The molecule has 0 radical (unpaired) electrons. The zero-order chi connectivity index (χ0) is 18.8. The number of likely N-dealkylation sites (tertiary alicyclic amines) is 1. The molecule has 0 saturated carbocycles. The number of likely N-dealkylation sites (N-methyl/N-ethyl adjacent to an activating group) is 1. The molecule has 0 aliphatic carbocycles. The van der Waals surface area contributed by atoms with Crippen LogP contribution < -0.4 is 10.9 Å². The van der Waals surface area contributed by atoms with E-state index >= 15 is 0 Å². The number of nitrogens with one attached hydrogen (secondary N) is 1. The average Bonchev–Trinajstić information content (AvgIpc) is 2.62. The molecule has 1 aliphatic heterocycles. The van der Waals surface area contributed by atoms with Crippen LogP contribution in [-0.2, 0) is 7.05 Å². The summed E-state index contributed by atoms with van der Waals surface area (Å²) in [6.45, 7) is 1.76. The highest BCUT2D eigenvalue weighted by atomic mass is 79.9. The molecule has 0 bridgehead atoms. The van der Waals surface area contributed by atoms with Crippen molar-refractivity contribution in [2.75, 3.05) is 25.5 Å². The Morgan fingerprint density at radius 1 is 1.27 bits per heavy atom. The molecule has 0 spiro atoms. The number of carboxylic acids is 1. The highest BCUT2D eigenvalue weighted by molar-refractivity contribution is 9.10. The number of aromatic carboxylic acids is 1. The van der Waals surface area contributed by atoms with Gasteiger partial charge in [-0.25, -0.2) is 9.48 Å². The predicted octanol–water partition coefficient (Wildman–Crippen LogP) is 2.14. The van der Waals surface area contributed by atoms with E-state index in [9.17, 15) is 9.59 Å². The molecule has 1 aromatic carbocycles. The van der Waals surface area contributed by atoms with Gasteiger partial charge in [-0.1, -0.05) is 12.1 Å². The van der Waals surface area contributed by atoms with E-state index in [1.54, 1.807) is 25.4 Å². The molecule has 8 heteroatoms. The van der Waals surface area contributed by atoms with Crippen LogP contribution in [0.2, 0.25) is 0 Å². The number of rotatable bonds is 4. The van der Waals surface area contributed by atoms with Crippen molar-refractivity contribution in [1.82, 2.24) is 14.7 Å². The van der Waals surface area contributed by atoms with Crippen LogP contribution >= 0.6 is 15.9 Å². The molecule has 26 heavy (non-hydrogen) atoms. The van der Waals surface area contributed by atoms with E-state index in [1.807, 2.05) is 12.1 Å². The van der Waals surface area contributed by atoms with E-state index in [2.05, 4.69) is 38.3 Å².